The SMILES string of the molecule is O=C([O-])C[C@@H](c1ccccc1)c1ccco1. The monoisotopic (exact) mass is 215 g/mol. The smallest absolute Gasteiger partial charge is 0.111 e. The van der Waals surface area contributed by atoms with Crippen LogP contribution in [0, 0.1) is 0 Å². The Morgan fingerprint density at radius 1 is 1.19 bits per heavy atom. The standard InChI is InChI=1S/C13H12O3/c14-13(15)9-11(12-7-4-8-16-12)10-5-2-1-3-6-10/h1-8,11H,9H2,(H,14,15)/p-1/t11-/m0/s1. The van der Waals surface area contributed by atoms with Gasteiger partial charge in [0.05, 0.1) is 6.26 Å². The molecule has 0 unspecified atom stereocenters. The highest BCUT2D eigenvalue weighted by molar-refractivity contribution is 5.66. The first-order valence-electron chi connectivity index (χ1n) is 5.05. The summed E-state index contributed by atoms with van der Waals surface area (Å²) in [7, 11) is 0. The lowest BCUT2D eigenvalue weighted by Gasteiger charge is -2.15. The molecule has 0 fully saturated rings. The molecule has 2 rings (SSSR count). The van der Waals surface area contributed by atoms with E-state index in [2.05, 4.69) is 0 Å². The Balaban J connectivity index is 2.32. The van der Waals surface area contributed by atoms with E-state index in [0.717, 1.165) is 5.56 Å². The molecule has 3 nitrogen and oxygen atoms in total. The van der Waals surface area contributed by atoms with Gasteiger partial charge in [0, 0.05) is 18.3 Å². The van der Waals surface area contributed by atoms with Crippen molar-refractivity contribution in [2.45, 2.75) is 12.3 Å². The van der Waals surface area contributed by atoms with Crippen LogP contribution in [0.15, 0.2) is 53.1 Å². The summed E-state index contributed by atoms with van der Waals surface area (Å²) in [5, 5.41) is 10.7. The number of furan rings is 1. The highest BCUT2D eigenvalue weighted by Crippen LogP contribution is 2.27. The van der Waals surface area contributed by atoms with E-state index in [-0.39, 0.29) is 12.3 Å². The fourth-order valence-electron chi connectivity index (χ4n) is 1.72. The molecule has 3 heteroatoms. The normalized spacial score (nSPS) is 12.2. The summed E-state index contributed by atoms with van der Waals surface area (Å²) in [6, 6.07) is 12.9. The third-order valence-electron chi connectivity index (χ3n) is 2.46. The average Bonchev–Trinajstić information content (AvgIpc) is 2.80. The molecule has 0 radical (unpaired) electrons. The lowest BCUT2D eigenvalue weighted by Crippen LogP contribution is -2.24. The number of carboxylic acids is 1. The van der Waals surface area contributed by atoms with Gasteiger partial charge in [-0.15, -0.1) is 0 Å². The van der Waals surface area contributed by atoms with Gasteiger partial charge in [-0.25, -0.2) is 0 Å². The van der Waals surface area contributed by atoms with Crippen LogP contribution < -0.4 is 5.11 Å². The summed E-state index contributed by atoms with van der Waals surface area (Å²) in [6.45, 7) is 0. The predicted octanol–water partition coefficient (Wildman–Crippen LogP) is 1.55. The van der Waals surface area contributed by atoms with Gasteiger partial charge < -0.3 is 14.3 Å². The number of hydrogen-bond donors (Lipinski definition) is 0. The minimum absolute atomic E-state index is 0.0719. The van der Waals surface area contributed by atoms with Gasteiger partial charge in [0.25, 0.3) is 0 Å². The molecule has 0 bridgehead atoms. The molecule has 16 heavy (non-hydrogen) atoms. The van der Waals surface area contributed by atoms with Gasteiger partial charge in [0.2, 0.25) is 0 Å². The fraction of sp³-hybridized carbons (Fsp3) is 0.154. The zero-order valence-electron chi connectivity index (χ0n) is 8.63. The van der Waals surface area contributed by atoms with Gasteiger partial charge in [0.15, 0.2) is 0 Å². The molecule has 0 amide bonds. The number of carbonyl (C=O) groups excluding carboxylic acids is 1. The maximum atomic E-state index is 10.7. The Hall–Kier alpha value is -2.03. The summed E-state index contributed by atoms with van der Waals surface area (Å²) in [4.78, 5) is 10.7. The number of benzene rings is 1. The van der Waals surface area contributed by atoms with Crippen LogP contribution in [0.3, 0.4) is 0 Å². The molecule has 1 aromatic carbocycles. The van der Waals surface area contributed by atoms with Crippen LogP contribution in [0.1, 0.15) is 23.7 Å². The van der Waals surface area contributed by atoms with E-state index in [1.54, 1.807) is 18.4 Å². The quantitative estimate of drug-likeness (QED) is 0.777. The Labute approximate surface area is 93.3 Å². The highest BCUT2D eigenvalue weighted by atomic mass is 16.4. The van der Waals surface area contributed by atoms with E-state index in [9.17, 15) is 9.90 Å². The Morgan fingerprint density at radius 2 is 1.94 bits per heavy atom. The first-order valence-corrected chi connectivity index (χ1v) is 5.05. The Bertz CT molecular complexity index is 445. The van der Waals surface area contributed by atoms with E-state index < -0.39 is 5.97 Å². The molecule has 0 aliphatic heterocycles. The lowest BCUT2D eigenvalue weighted by molar-refractivity contribution is -0.306. The van der Waals surface area contributed by atoms with Gasteiger partial charge >= 0.3 is 0 Å². The minimum Gasteiger partial charge on any atom is -0.550 e. The number of carboxylic acid groups (broad SMARTS) is 1. The van der Waals surface area contributed by atoms with Crippen LogP contribution in [0.5, 0.6) is 0 Å². The van der Waals surface area contributed by atoms with Crippen molar-refractivity contribution in [3.05, 3.63) is 60.1 Å². The van der Waals surface area contributed by atoms with Crippen LogP contribution in [-0.2, 0) is 4.79 Å². The molecule has 1 atom stereocenters. The molecule has 0 saturated heterocycles. The van der Waals surface area contributed by atoms with E-state index >= 15 is 0 Å². The predicted molar refractivity (Wildman–Crippen MR) is 56.6 cm³/mol. The van der Waals surface area contributed by atoms with Crippen molar-refractivity contribution in [2.75, 3.05) is 0 Å². The van der Waals surface area contributed by atoms with Crippen LogP contribution in [0.25, 0.3) is 0 Å². The topological polar surface area (TPSA) is 53.3 Å². The molecule has 0 aliphatic rings. The molecule has 0 aliphatic carbocycles. The first kappa shape index (κ1) is 10.5. The van der Waals surface area contributed by atoms with Gasteiger partial charge in [-0.1, -0.05) is 30.3 Å². The van der Waals surface area contributed by atoms with Crippen molar-refractivity contribution < 1.29 is 14.3 Å². The van der Waals surface area contributed by atoms with E-state index in [1.807, 2.05) is 30.3 Å². The lowest BCUT2D eigenvalue weighted by atomic mass is 9.93. The molecule has 0 spiro atoms. The van der Waals surface area contributed by atoms with Crippen molar-refractivity contribution >= 4 is 5.97 Å². The molecule has 82 valence electrons. The molecule has 1 aromatic heterocycles. The number of rotatable bonds is 4. The van der Waals surface area contributed by atoms with Crippen LogP contribution in [0.2, 0.25) is 0 Å². The third-order valence-corrected chi connectivity index (χ3v) is 2.46. The van der Waals surface area contributed by atoms with Crippen molar-refractivity contribution in [3.63, 3.8) is 0 Å². The van der Waals surface area contributed by atoms with Gasteiger partial charge in [-0.05, 0) is 17.7 Å². The molecule has 0 saturated carbocycles. The Morgan fingerprint density at radius 3 is 2.50 bits per heavy atom. The van der Waals surface area contributed by atoms with E-state index in [0.29, 0.717) is 5.76 Å². The molecular weight excluding hydrogens is 204 g/mol. The van der Waals surface area contributed by atoms with Crippen LogP contribution in [0.4, 0.5) is 0 Å². The van der Waals surface area contributed by atoms with Gasteiger partial charge in [0.1, 0.15) is 5.76 Å². The zero-order chi connectivity index (χ0) is 11.4. The zero-order valence-corrected chi connectivity index (χ0v) is 8.63. The average molecular weight is 215 g/mol. The van der Waals surface area contributed by atoms with Crippen molar-refractivity contribution in [3.8, 4) is 0 Å². The summed E-state index contributed by atoms with van der Waals surface area (Å²) < 4.78 is 5.26. The minimum atomic E-state index is -1.08. The maximum Gasteiger partial charge on any atom is 0.111 e. The van der Waals surface area contributed by atoms with Crippen molar-refractivity contribution in [1.29, 1.82) is 0 Å². The summed E-state index contributed by atoms with van der Waals surface area (Å²) in [5.74, 6) is -0.707. The summed E-state index contributed by atoms with van der Waals surface area (Å²) in [5.41, 5.74) is 0.918. The molecule has 2 aromatic rings. The molecule has 0 N–H and O–H groups in total. The molecule has 1 heterocycles. The van der Waals surface area contributed by atoms with Crippen molar-refractivity contribution in [1.82, 2.24) is 0 Å². The number of aliphatic carboxylic acids is 1. The van der Waals surface area contributed by atoms with Gasteiger partial charge in [-0.3, -0.25) is 0 Å². The Kier molecular flexibility index (Phi) is 3.05. The van der Waals surface area contributed by atoms with E-state index in [4.69, 9.17) is 4.42 Å². The molecular formula is C13H11O3-. The largest absolute Gasteiger partial charge is 0.550 e. The van der Waals surface area contributed by atoms with Crippen molar-refractivity contribution in [2.24, 2.45) is 0 Å². The second kappa shape index (κ2) is 4.66. The fourth-order valence-corrected chi connectivity index (χ4v) is 1.72. The summed E-state index contributed by atoms with van der Waals surface area (Å²) >= 11 is 0. The second-order valence-corrected chi connectivity index (χ2v) is 3.55. The third kappa shape index (κ3) is 2.31. The second-order valence-electron chi connectivity index (χ2n) is 3.55. The van der Waals surface area contributed by atoms with E-state index in [1.165, 1.54) is 0 Å². The first-order chi connectivity index (χ1) is 7.77. The van der Waals surface area contributed by atoms with Crippen LogP contribution >= 0.6 is 0 Å². The van der Waals surface area contributed by atoms with Crippen LogP contribution in [-0.4, -0.2) is 5.97 Å². The maximum absolute atomic E-state index is 10.7. The van der Waals surface area contributed by atoms with Gasteiger partial charge in [-0.2, -0.15) is 0 Å². The highest BCUT2D eigenvalue weighted by Gasteiger charge is 2.16. The number of hydrogen-bond acceptors (Lipinski definition) is 3. The number of carbonyl (C=O) groups is 1. The summed E-state index contributed by atoms with van der Waals surface area (Å²) in [6.07, 6.45) is 1.47.